The first-order chi connectivity index (χ1) is 15.5. The normalized spacial score (nSPS) is 26.0. The van der Waals surface area contributed by atoms with E-state index in [1.54, 1.807) is 37.5 Å². The summed E-state index contributed by atoms with van der Waals surface area (Å²) in [4.78, 5) is 13.3. The third-order valence-corrected chi connectivity index (χ3v) is 6.57. The monoisotopic (exact) mass is 452 g/mol. The van der Waals surface area contributed by atoms with Gasteiger partial charge in [-0.2, -0.15) is 0 Å². The number of ether oxygens (including phenoxy) is 4. The van der Waals surface area contributed by atoms with Crippen molar-refractivity contribution in [1.82, 2.24) is 0 Å². The first kappa shape index (κ1) is 21.8. The molecule has 2 aromatic rings. The predicted octanol–water partition coefficient (Wildman–Crippen LogP) is 3.98. The van der Waals surface area contributed by atoms with Gasteiger partial charge in [-0.05, 0) is 57.5 Å². The van der Waals surface area contributed by atoms with Crippen LogP contribution in [-0.2, 0) is 11.2 Å². The Bertz CT molecular complexity index is 1160. The molecule has 2 N–H and O–H groups in total. The van der Waals surface area contributed by atoms with Crippen molar-refractivity contribution in [2.75, 3.05) is 7.11 Å². The van der Waals surface area contributed by atoms with Crippen LogP contribution < -0.4 is 14.2 Å². The molecule has 1 fully saturated rings. The Kier molecular flexibility index (Phi) is 4.78. The Hall–Kier alpha value is -3.03. The molecule has 7 nitrogen and oxygen atoms in total. The van der Waals surface area contributed by atoms with E-state index in [1.807, 2.05) is 33.8 Å². The van der Waals surface area contributed by atoms with E-state index >= 15 is 0 Å². The summed E-state index contributed by atoms with van der Waals surface area (Å²) in [5.74, 6) is 0.526. The minimum atomic E-state index is -1.47. The number of carbonyl (C=O) groups excluding carboxylic acids is 1. The average molecular weight is 453 g/mol. The topological polar surface area (TPSA) is 97.8 Å². The molecule has 3 atom stereocenters. The summed E-state index contributed by atoms with van der Waals surface area (Å²) in [6.45, 7) is 7.83. The highest BCUT2D eigenvalue weighted by Gasteiger charge is 2.50. The number of hydrogen-bond acceptors (Lipinski definition) is 7. The Morgan fingerprint density at radius 2 is 1.76 bits per heavy atom. The first-order valence-electron chi connectivity index (χ1n) is 11.0. The quantitative estimate of drug-likeness (QED) is 0.677. The molecule has 0 bridgehead atoms. The molecule has 0 aliphatic carbocycles. The van der Waals surface area contributed by atoms with E-state index in [9.17, 15) is 15.0 Å². The summed E-state index contributed by atoms with van der Waals surface area (Å²) in [5.41, 5.74) is 0.765. The van der Waals surface area contributed by atoms with E-state index in [2.05, 4.69) is 0 Å². The lowest BCUT2D eigenvalue weighted by molar-refractivity contribution is 0.0203. The molecule has 0 amide bonds. The van der Waals surface area contributed by atoms with Crippen LogP contribution in [0.5, 0.6) is 23.0 Å². The fraction of sp³-hybridized carbons (Fsp3) is 0.423. The fourth-order valence-electron chi connectivity index (χ4n) is 4.49. The van der Waals surface area contributed by atoms with Crippen LogP contribution in [0.4, 0.5) is 0 Å². The van der Waals surface area contributed by atoms with Gasteiger partial charge in [-0.3, -0.25) is 4.79 Å². The SMILES string of the molecule is COc1ccc([C@H]2Oc3c(C[C@H]4OC4(C)C)c4c(c(O)c3C(=O)[C@@H]2O)C=CC(C)(C)O4)cc1. The zero-order valence-electron chi connectivity index (χ0n) is 19.3. The van der Waals surface area contributed by atoms with Crippen LogP contribution in [0.15, 0.2) is 30.3 Å². The Morgan fingerprint density at radius 1 is 1.09 bits per heavy atom. The van der Waals surface area contributed by atoms with Crippen molar-refractivity contribution in [1.29, 1.82) is 0 Å². The van der Waals surface area contributed by atoms with Crippen LogP contribution in [0.2, 0.25) is 0 Å². The van der Waals surface area contributed by atoms with Crippen LogP contribution in [-0.4, -0.2) is 46.5 Å². The molecule has 3 aliphatic rings. The number of aliphatic hydroxyl groups excluding tert-OH is 1. The van der Waals surface area contributed by atoms with Crippen LogP contribution >= 0.6 is 0 Å². The third kappa shape index (κ3) is 3.56. The summed E-state index contributed by atoms with van der Waals surface area (Å²) >= 11 is 0. The molecule has 3 aliphatic heterocycles. The zero-order valence-corrected chi connectivity index (χ0v) is 19.3. The van der Waals surface area contributed by atoms with Crippen molar-refractivity contribution in [3.05, 3.63) is 52.6 Å². The van der Waals surface area contributed by atoms with Gasteiger partial charge < -0.3 is 29.2 Å². The lowest BCUT2D eigenvalue weighted by atomic mass is 9.86. The molecule has 5 rings (SSSR count). The van der Waals surface area contributed by atoms with Crippen molar-refractivity contribution < 1.29 is 34.0 Å². The van der Waals surface area contributed by atoms with Gasteiger partial charge in [0.15, 0.2) is 12.2 Å². The number of methoxy groups -OCH3 is 1. The summed E-state index contributed by atoms with van der Waals surface area (Å²) in [7, 11) is 1.57. The van der Waals surface area contributed by atoms with Crippen molar-refractivity contribution in [3.63, 3.8) is 0 Å². The largest absolute Gasteiger partial charge is 0.506 e. The first-order valence-corrected chi connectivity index (χ1v) is 11.0. The maximum Gasteiger partial charge on any atom is 0.202 e. The highest BCUT2D eigenvalue weighted by atomic mass is 16.6. The molecule has 0 spiro atoms. The number of ketones is 1. The number of Topliss-reactive ketones (excluding diaryl/α,β-unsaturated/α-hetero) is 1. The summed E-state index contributed by atoms with van der Waals surface area (Å²) in [5, 5.41) is 21.9. The van der Waals surface area contributed by atoms with Gasteiger partial charge in [0.1, 0.15) is 34.2 Å². The van der Waals surface area contributed by atoms with E-state index in [1.165, 1.54) is 0 Å². The zero-order chi connectivity index (χ0) is 23.7. The standard InChI is InChI=1S/C26H28O7/c1-25(2)11-10-15-19(27)18-20(28)21(29)22(13-6-8-14(30-5)9-7-13)31-24(18)16(23(15)33-25)12-17-26(3,4)32-17/h6-11,17,21-22,27,29H,12H2,1-5H3/t17-,21+,22-/m1/s1. The number of fused-ring (bicyclic) bond motifs is 2. The van der Waals surface area contributed by atoms with Gasteiger partial charge in [0.05, 0.1) is 24.4 Å². The highest BCUT2D eigenvalue weighted by molar-refractivity contribution is 6.07. The van der Waals surface area contributed by atoms with E-state index in [0.29, 0.717) is 34.6 Å². The number of phenolic OH excluding ortho intramolecular Hbond substituents is 1. The molecule has 1 saturated heterocycles. The number of benzene rings is 2. The van der Waals surface area contributed by atoms with Crippen LogP contribution in [0, 0.1) is 0 Å². The lowest BCUT2D eigenvalue weighted by Crippen LogP contribution is -2.37. The number of phenols is 1. The number of hydrogen-bond donors (Lipinski definition) is 2. The van der Waals surface area contributed by atoms with Gasteiger partial charge in [0.25, 0.3) is 0 Å². The van der Waals surface area contributed by atoms with Gasteiger partial charge >= 0.3 is 0 Å². The molecule has 174 valence electrons. The molecule has 33 heavy (non-hydrogen) atoms. The van der Waals surface area contributed by atoms with Crippen LogP contribution in [0.25, 0.3) is 6.08 Å². The molecule has 0 saturated carbocycles. The maximum absolute atomic E-state index is 13.3. The molecule has 0 radical (unpaired) electrons. The second kappa shape index (κ2) is 7.23. The second-order valence-electron chi connectivity index (χ2n) is 9.85. The van der Waals surface area contributed by atoms with Gasteiger partial charge in [-0.15, -0.1) is 0 Å². The third-order valence-electron chi connectivity index (χ3n) is 6.57. The average Bonchev–Trinajstić information content (AvgIpc) is 3.38. The Morgan fingerprint density at radius 3 is 2.36 bits per heavy atom. The predicted molar refractivity (Wildman–Crippen MR) is 121 cm³/mol. The van der Waals surface area contributed by atoms with Crippen LogP contribution in [0.1, 0.15) is 60.8 Å². The van der Waals surface area contributed by atoms with Crippen molar-refractivity contribution in [2.45, 2.75) is 63.6 Å². The van der Waals surface area contributed by atoms with E-state index in [0.717, 1.165) is 0 Å². The van der Waals surface area contributed by atoms with Gasteiger partial charge in [0, 0.05) is 12.0 Å². The number of epoxide rings is 1. The minimum Gasteiger partial charge on any atom is -0.506 e. The van der Waals surface area contributed by atoms with Gasteiger partial charge in [0.2, 0.25) is 5.78 Å². The minimum absolute atomic E-state index is 0.0209. The van der Waals surface area contributed by atoms with E-state index in [4.69, 9.17) is 18.9 Å². The summed E-state index contributed by atoms with van der Waals surface area (Å²) < 4.78 is 23.6. The number of aliphatic hydroxyl groups is 1. The summed E-state index contributed by atoms with van der Waals surface area (Å²) in [6.07, 6.45) is 1.53. The number of aromatic hydroxyl groups is 1. The lowest BCUT2D eigenvalue weighted by Gasteiger charge is -2.36. The molecule has 2 aromatic carbocycles. The van der Waals surface area contributed by atoms with E-state index in [-0.39, 0.29) is 28.8 Å². The number of carbonyl (C=O) groups is 1. The molecule has 3 heterocycles. The van der Waals surface area contributed by atoms with Gasteiger partial charge in [-0.1, -0.05) is 12.1 Å². The fourth-order valence-corrected chi connectivity index (χ4v) is 4.49. The van der Waals surface area contributed by atoms with Crippen molar-refractivity contribution >= 4 is 11.9 Å². The highest BCUT2D eigenvalue weighted by Crippen LogP contribution is 2.53. The van der Waals surface area contributed by atoms with Gasteiger partial charge in [-0.25, -0.2) is 0 Å². The molecular weight excluding hydrogens is 424 g/mol. The maximum atomic E-state index is 13.3. The van der Waals surface area contributed by atoms with Crippen molar-refractivity contribution in [3.8, 4) is 23.0 Å². The van der Waals surface area contributed by atoms with Crippen molar-refractivity contribution in [2.24, 2.45) is 0 Å². The molecule has 0 unspecified atom stereocenters. The molecule has 7 heteroatoms. The second-order valence-corrected chi connectivity index (χ2v) is 9.85. The van der Waals surface area contributed by atoms with E-state index < -0.39 is 23.6 Å². The molecule has 0 aromatic heterocycles. The number of rotatable bonds is 4. The molecular formula is C26H28O7. The Balaban J connectivity index is 1.66. The summed E-state index contributed by atoms with van der Waals surface area (Å²) in [6, 6.07) is 6.98. The van der Waals surface area contributed by atoms with Crippen LogP contribution in [0.3, 0.4) is 0 Å². The smallest absolute Gasteiger partial charge is 0.202 e. The Labute approximate surface area is 192 Å².